The summed E-state index contributed by atoms with van der Waals surface area (Å²) in [5.41, 5.74) is 3.85. The van der Waals surface area contributed by atoms with E-state index in [1.54, 1.807) is 0 Å². The number of hydrogen-bond acceptors (Lipinski definition) is 4. The van der Waals surface area contributed by atoms with E-state index in [0.29, 0.717) is 11.8 Å². The number of ether oxygens (including phenoxy) is 1. The number of pyridine rings is 1. The van der Waals surface area contributed by atoms with Gasteiger partial charge in [-0.2, -0.15) is 0 Å². The Labute approximate surface area is 208 Å². The molecule has 6 heteroatoms. The summed E-state index contributed by atoms with van der Waals surface area (Å²) in [6.07, 6.45) is 18.1. The number of nitrogens with zero attached hydrogens (tertiary/aromatic N) is 1. The topological polar surface area (TPSA) is 68.3 Å². The number of allylic oxidation sites excluding steroid dienone is 1. The van der Waals surface area contributed by atoms with Gasteiger partial charge in [-0.25, -0.2) is 13.1 Å². The Kier molecular flexibility index (Phi) is 4.61. The van der Waals surface area contributed by atoms with Crippen LogP contribution in [0.5, 0.6) is 0 Å². The predicted octanol–water partition coefficient (Wildman–Crippen LogP) is 5.39. The molecule has 5 aliphatic rings. The molecule has 1 aromatic heterocycles. The monoisotopic (exact) mass is 490 g/mol. The fraction of sp³-hybridized carbons (Fsp3) is 0.552. The molecule has 2 aliphatic heterocycles. The third-order valence-electron chi connectivity index (χ3n) is 10.1. The minimum Gasteiger partial charge on any atom is -0.359 e. The molecule has 2 aromatic rings. The second-order valence-corrected chi connectivity index (χ2v) is 13.8. The van der Waals surface area contributed by atoms with Crippen LogP contribution in [0, 0.1) is 11.3 Å². The first-order chi connectivity index (χ1) is 16.7. The third-order valence-corrected chi connectivity index (χ3v) is 10.9. The highest BCUT2D eigenvalue weighted by Gasteiger charge is 2.66. The summed E-state index contributed by atoms with van der Waals surface area (Å²) in [4.78, 5) is 4.35. The van der Waals surface area contributed by atoms with Crippen LogP contribution in [-0.2, 0) is 14.8 Å². The standard InChI is InChI=1S/C29H34N2O3S/c1-27-11-9-23-16-22-5-6-24(31-35(2,32)33)17-28(22)12-13-29(23,34-28)26(27)8-7-25(27)20-4-3-19-10-14-30-18-21(19)15-20/h3-4,9-10,14-16,18,24-26,31H,5-8,11-13,17H2,1-2H3/t24?,25?,26-,27?,28-,29-/m1/s1. The molecule has 5 nitrogen and oxygen atoms in total. The van der Waals surface area contributed by atoms with E-state index >= 15 is 0 Å². The number of benzene rings is 1. The van der Waals surface area contributed by atoms with Crippen LogP contribution in [0.2, 0.25) is 0 Å². The van der Waals surface area contributed by atoms with Gasteiger partial charge in [-0.3, -0.25) is 4.98 Å². The molecule has 3 fully saturated rings. The molecule has 6 atom stereocenters. The summed E-state index contributed by atoms with van der Waals surface area (Å²) in [5, 5.41) is 2.46. The first-order valence-corrected chi connectivity index (χ1v) is 15.0. The first kappa shape index (κ1) is 22.2. The fourth-order valence-corrected chi connectivity index (χ4v) is 9.49. The first-order valence-electron chi connectivity index (χ1n) is 13.1. The van der Waals surface area contributed by atoms with E-state index in [-0.39, 0.29) is 22.7 Å². The average Bonchev–Trinajstić information content (AvgIpc) is 3.33. The molecule has 1 N–H and O–H groups in total. The number of hydrogen-bond donors (Lipinski definition) is 1. The van der Waals surface area contributed by atoms with Gasteiger partial charge in [0.25, 0.3) is 0 Å². The zero-order valence-corrected chi connectivity index (χ0v) is 21.4. The van der Waals surface area contributed by atoms with Gasteiger partial charge in [0.2, 0.25) is 10.0 Å². The average molecular weight is 491 g/mol. The molecule has 3 aliphatic carbocycles. The molecule has 7 rings (SSSR count). The van der Waals surface area contributed by atoms with Crippen LogP contribution in [-0.4, -0.2) is 36.9 Å². The molecule has 3 unspecified atom stereocenters. The number of sulfonamides is 1. The van der Waals surface area contributed by atoms with Crippen LogP contribution < -0.4 is 4.72 Å². The van der Waals surface area contributed by atoms with Crippen molar-refractivity contribution in [1.29, 1.82) is 0 Å². The molecular formula is C29H34N2O3S. The molecule has 1 saturated heterocycles. The van der Waals surface area contributed by atoms with Crippen LogP contribution in [0.15, 0.2) is 60.0 Å². The fourth-order valence-electron chi connectivity index (χ4n) is 8.68. The lowest BCUT2D eigenvalue weighted by Gasteiger charge is -2.54. The van der Waals surface area contributed by atoms with Crippen molar-refractivity contribution < 1.29 is 13.2 Å². The van der Waals surface area contributed by atoms with Crippen molar-refractivity contribution >= 4 is 20.8 Å². The van der Waals surface area contributed by atoms with Crippen molar-refractivity contribution in [2.75, 3.05) is 6.26 Å². The molecule has 35 heavy (non-hydrogen) atoms. The number of rotatable bonds is 3. The smallest absolute Gasteiger partial charge is 0.208 e. The molecule has 184 valence electrons. The van der Waals surface area contributed by atoms with Gasteiger partial charge in [0.1, 0.15) is 0 Å². The number of nitrogens with one attached hydrogen (secondary N) is 1. The van der Waals surface area contributed by atoms with Gasteiger partial charge in [-0.05, 0) is 103 Å². The highest BCUT2D eigenvalue weighted by atomic mass is 32.2. The Hall–Kier alpha value is -2.02. The lowest BCUT2D eigenvalue weighted by Crippen LogP contribution is -2.55. The molecular weight excluding hydrogens is 456 g/mol. The summed E-state index contributed by atoms with van der Waals surface area (Å²) >= 11 is 0. The third kappa shape index (κ3) is 3.19. The van der Waals surface area contributed by atoms with Crippen LogP contribution in [0.25, 0.3) is 10.8 Å². The Balaban J connectivity index is 1.24. The van der Waals surface area contributed by atoms with Crippen LogP contribution in [0.1, 0.15) is 69.8 Å². The zero-order valence-electron chi connectivity index (χ0n) is 20.6. The predicted molar refractivity (Wildman–Crippen MR) is 137 cm³/mol. The quantitative estimate of drug-likeness (QED) is 0.626. The van der Waals surface area contributed by atoms with E-state index in [9.17, 15) is 8.42 Å². The van der Waals surface area contributed by atoms with E-state index in [1.165, 1.54) is 46.6 Å². The molecule has 1 aromatic carbocycles. The van der Waals surface area contributed by atoms with Gasteiger partial charge >= 0.3 is 0 Å². The van der Waals surface area contributed by atoms with Gasteiger partial charge in [-0.1, -0.05) is 31.2 Å². The normalized spacial score (nSPS) is 40.0. The Morgan fingerprint density at radius 2 is 2.00 bits per heavy atom. The van der Waals surface area contributed by atoms with Crippen molar-refractivity contribution in [3.63, 3.8) is 0 Å². The summed E-state index contributed by atoms with van der Waals surface area (Å²) in [5.74, 6) is 0.978. The van der Waals surface area contributed by atoms with Crippen LogP contribution in [0.4, 0.5) is 0 Å². The van der Waals surface area contributed by atoms with Gasteiger partial charge < -0.3 is 4.74 Å². The molecule has 2 bridgehead atoms. The zero-order chi connectivity index (χ0) is 24.1. The molecule has 2 saturated carbocycles. The van der Waals surface area contributed by atoms with E-state index in [1.807, 2.05) is 12.4 Å². The highest BCUT2D eigenvalue weighted by molar-refractivity contribution is 7.88. The SMILES string of the molecule is CC12CC=C3C=C4CCC(NS(C)(=O)=O)C[C@]45CC[C@]3(O5)[C@@H]1CCC2c1ccc2ccncc2c1. The van der Waals surface area contributed by atoms with Crippen LogP contribution in [0.3, 0.4) is 0 Å². The molecule has 0 radical (unpaired) electrons. The maximum absolute atomic E-state index is 12.0. The molecule has 0 amide bonds. The van der Waals surface area contributed by atoms with Crippen molar-refractivity contribution in [2.45, 2.75) is 81.5 Å². The minimum atomic E-state index is -3.23. The summed E-state index contributed by atoms with van der Waals surface area (Å²) in [6.45, 7) is 2.49. The largest absolute Gasteiger partial charge is 0.359 e. The minimum absolute atomic E-state index is 0.0414. The summed E-state index contributed by atoms with van der Waals surface area (Å²) < 4.78 is 34.1. The van der Waals surface area contributed by atoms with Gasteiger partial charge in [-0.15, -0.1) is 0 Å². The van der Waals surface area contributed by atoms with Gasteiger partial charge in [0, 0.05) is 23.8 Å². The maximum atomic E-state index is 12.0. The maximum Gasteiger partial charge on any atom is 0.208 e. The second kappa shape index (κ2) is 7.27. The van der Waals surface area contributed by atoms with Crippen molar-refractivity contribution in [2.24, 2.45) is 11.3 Å². The second-order valence-electron chi connectivity index (χ2n) is 12.0. The van der Waals surface area contributed by atoms with Gasteiger partial charge in [0.05, 0.1) is 17.5 Å². The summed E-state index contributed by atoms with van der Waals surface area (Å²) in [7, 11) is -3.23. The Morgan fingerprint density at radius 3 is 2.86 bits per heavy atom. The van der Waals surface area contributed by atoms with E-state index in [4.69, 9.17) is 4.74 Å². The van der Waals surface area contributed by atoms with E-state index < -0.39 is 10.0 Å². The lowest BCUT2D eigenvalue weighted by molar-refractivity contribution is -0.135. The Morgan fingerprint density at radius 1 is 1.11 bits per heavy atom. The number of aromatic nitrogens is 1. The lowest BCUT2D eigenvalue weighted by atomic mass is 9.58. The highest BCUT2D eigenvalue weighted by Crippen LogP contribution is 2.69. The van der Waals surface area contributed by atoms with Crippen molar-refractivity contribution in [3.8, 4) is 0 Å². The number of fused-ring (bicyclic) bond motifs is 2. The van der Waals surface area contributed by atoms with Crippen molar-refractivity contribution in [3.05, 3.63) is 65.5 Å². The van der Waals surface area contributed by atoms with E-state index in [2.05, 4.69) is 53.0 Å². The van der Waals surface area contributed by atoms with Gasteiger partial charge in [0.15, 0.2) is 0 Å². The summed E-state index contributed by atoms with van der Waals surface area (Å²) in [6, 6.07) is 8.98. The van der Waals surface area contributed by atoms with Crippen LogP contribution >= 0.6 is 0 Å². The molecule has 2 spiro atoms. The Bertz CT molecular complexity index is 1400. The molecule has 3 heterocycles. The van der Waals surface area contributed by atoms with Crippen molar-refractivity contribution in [1.82, 2.24) is 9.71 Å². The van der Waals surface area contributed by atoms with E-state index in [0.717, 1.165) is 38.5 Å².